The minimum Gasteiger partial charge on any atom is -0.106 e. The van der Waals surface area contributed by atoms with Crippen LogP contribution in [0.3, 0.4) is 0 Å². The first-order chi connectivity index (χ1) is 2.77. The molecule has 0 bridgehead atoms. The fourth-order valence-corrected chi connectivity index (χ4v) is 0.816. The second kappa shape index (κ2) is 3.28. The average molecular weight is 99.2 g/mol. The summed E-state index contributed by atoms with van der Waals surface area (Å²) in [5.41, 5.74) is 2.90. The van der Waals surface area contributed by atoms with Crippen LogP contribution < -0.4 is 0 Å². The summed E-state index contributed by atoms with van der Waals surface area (Å²) >= 11 is 0. The van der Waals surface area contributed by atoms with Gasteiger partial charge in [-0.3, -0.25) is 0 Å². The fraction of sp³-hybridized carbons (Fsp3) is 0.600. The van der Waals surface area contributed by atoms with Crippen LogP contribution in [0, 0.1) is 6.92 Å². The van der Waals surface area contributed by atoms with Crippen molar-refractivity contribution in [2.75, 3.05) is 0 Å². The minimum atomic E-state index is 0.528. The van der Waals surface area contributed by atoms with E-state index in [0.717, 1.165) is 5.54 Å². The Morgan fingerprint density at radius 1 is 1.67 bits per heavy atom. The first kappa shape index (κ1) is 6.09. The summed E-state index contributed by atoms with van der Waals surface area (Å²) in [6.07, 6.45) is 0. The van der Waals surface area contributed by atoms with Crippen LogP contribution in [0.1, 0.15) is 13.8 Å². The molecule has 0 atom stereocenters. The van der Waals surface area contributed by atoms with Crippen LogP contribution in [0.5, 0.6) is 0 Å². The zero-order chi connectivity index (χ0) is 4.99. The van der Waals surface area contributed by atoms with Gasteiger partial charge in [0, 0.05) is 0 Å². The van der Waals surface area contributed by atoms with Crippen LogP contribution in [0.25, 0.3) is 0 Å². The fourth-order valence-electron chi connectivity index (χ4n) is 0.272. The topological polar surface area (TPSA) is 0 Å². The molecule has 0 fully saturated rings. The maximum absolute atomic E-state index is 3.64. The van der Waals surface area contributed by atoms with E-state index in [1.54, 1.807) is 0 Å². The van der Waals surface area contributed by atoms with Gasteiger partial charge in [-0.25, -0.2) is 0 Å². The van der Waals surface area contributed by atoms with Gasteiger partial charge in [-0.1, -0.05) is 13.8 Å². The third-order valence-electron chi connectivity index (χ3n) is 0.521. The molecule has 0 aliphatic rings. The van der Waals surface area contributed by atoms with Crippen LogP contribution in [0.4, 0.5) is 0 Å². The van der Waals surface area contributed by atoms with E-state index in [4.69, 9.17) is 0 Å². The predicted octanol–water partition coefficient (Wildman–Crippen LogP) is 0.887. The molecule has 6 heavy (non-hydrogen) atoms. The second-order valence-corrected chi connectivity index (χ2v) is 3.86. The monoisotopic (exact) mass is 99.1 g/mol. The quantitative estimate of drug-likeness (QED) is 0.428. The Balaban J connectivity index is 3.03. The highest BCUT2D eigenvalue weighted by Gasteiger charge is 1.77. The van der Waals surface area contributed by atoms with Crippen LogP contribution in [-0.4, -0.2) is 14.8 Å². The largest absolute Gasteiger partial charge is 0.106 e. The molecule has 0 amide bonds. The summed E-state index contributed by atoms with van der Waals surface area (Å²) in [5.74, 6) is 0. The highest BCUT2D eigenvalue weighted by atomic mass is 28.2. The van der Waals surface area contributed by atoms with Gasteiger partial charge in [0.15, 0.2) is 0 Å². The van der Waals surface area contributed by atoms with Gasteiger partial charge >= 0.3 is 0 Å². The molecule has 0 aliphatic carbocycles. The molecule has 0 heterocycles. The molecule has 0 aromatic heterocycles. The molecule has 0 saturated carbocycles. The Hall–Kier alpha value is 0.0869. The molecule has 35 valence electrons. The standard InChI is InChI=1S/C5H11Si/c1-4-6-5(2)3/h4-6H,1H2,2-3H3. The van der Waals surface area contributed by atoms with Gasteiger partial charge in [0.25, 0.3) is 0 Å². The Labute approximate surface area is 42.0 Å². The second-order valence-electron chi connectivity index (χ2n) is 1.67. The Kier molecular flexibility index (Phi) is 3.33. The summed E-state index contributed by atoms with van der Waals surface area (Å²) in [5, 5.41) is 0. The van der Waals surface area contributed by atoms with Gasteiger partial charge in [0.05, 0.1) is 0 Å². The molecule has 0 aliphatic heterocycles. The van der Waals surface area contributed by atoms with E-state index in [9.17, 15) is 0 Å². The summed E-state index contributed by atoms with van der Waals surface area (Å²) in [6.45, 7) is 8.08. The van der Waals surface area contributed by atoms with Gasteiger partial charge < -0.3 is 0 Å². The van der Waals surface area contributed by atoms with Gasteiger partial charge in [-0.05, 0) is 21.6 Å². The number of hydrogen-bond donors (Lipinski definition) is 0. The number of hydrogen-bond acceptors (Lipinski definition) is 0. The summed E-state index contributed by atoms with van der Waals surface area (Å²) in [6, 6.07) is 0. The van der Waals surface area contributed by atoms with E-state index in [2.05, 4.69) is 20.8 Å². The zero-order valence-corrected chi connectivity index (χ0v) is 5.59. The van der Waals surface area contributed by atoms with Crippen LogP contribution >= 0.6 is 0 Å². The lowest BCUT2D eigenvalue weighted by Crippen LogP contribution is -1.83. The highest BCUT2D eigenvalue weighted by Crippen LogP contribution is 1.88. The molecule has 0 spiro atoms. The Morgan fingerprint density at radius 2 is 2.17 bits per heavy atom. The van der Waals surface area contributed by atoms with Crippen molar-refractivity contribution in [3.63, 3.8) is 0 Å². The van der Waals surface area contributed by atoms with Crippen molar-refractivity contribution in [2.45, 2.75) is 19.4 Å². The molecule has 0 unspecified atom stereocenters. The normalized spacial score (nSPS) is 11.3. The third kappa shape index (κ3) is 4.09. The zero-order valence-electron chi connectivity index (χ0n) is 4.44. The smallest absolute Gasteiger partial charge is 0.00916 e. The molecule has 1 heteroatoms. The maximum Gasteiger partial charge on any atom is -0.00916 e. The molecule has 0 aromatic rings. The van der Waals surface area contributed by atoms with Crippen molar-refractivity contribution >= 4 is 14.8 Å². The van der Waals surface area contributed by atoms with Crippen molar-refractivity contribution in [2.24, 2.45) is 0 Å². The molecule has 1 radical (unpaired) electrons. The predicted molar refractivity (Wildman–Crippen MR) is 33.7 cm³/mol. The average Bonchev–Trinajstić information content (AvgIpc) is 1.35. The lowest BCUT2D eigenvalue weighted by Gasteiger charge is -1.85. The first-order valence-electron chi connectivity index (χ1n) is 2.23. The van der Waals surface area contributed by atoms with Crippen LogP contribution in [0.2, 0.25) is 5.54 Å². The van der Waals surface area contributed by atoms with Gasteiger partial charge in [-0.15, -0.1) is 5.67 Å². The summed E-state index contributed by atoms with van der Waals surface area (Å²) in [7, 11) is 0.528. The minimum absolute atomic E-state index is 0.528. The summed E-state index contributed by atoms with van der Waals surface area (Å²) in [4.78, 5) is 0. The van der Waals surface area contributed by atoms with Crippen molar-refractivity contribution < 1.29 is 0 Å². The van der Waals surface area contributed by atoms with E-state index >= 15 is 0 Å². The Morgan fingerprint density at radius 3 is 2.17 bits per heavy atom. The van der Waals surface area contributed by atoms with Crippen molar-refractivity contribution in [3.05, 3.63) is 6.92 Å². The van der Waals surface area contributed by atoms with E-state index in [0.29, 0.717) is 9.13 Å². The van der Waals surface area contributed by atoms with Crippen molar-refractivity contribution in [1.29, 1.82) is 0 Å². The van der Waals surface area contributed by atoms with E-state index in [-0.39, 0.29) is 0 Å². The molecule has 0 rings (SSSR count). The van der Waals surface area contributed by atoms with Crippen LogP contribution in [-0.2, 0) is 0 Å². The molecule has 0 aromatic carbocycles. The van der Waals surface area contributed by atoms with Gasteiger partial charge in [-0.2, -0.15) is 0 Å². The number of rotatable bonds is 1. The maximum atomic E-state index is 3.64. The molecule has 0 nitrogen and oxygen atoms in total. The molecular weight excluding hydrogens is 88.1 g/mol. The van der Waals surface area contributed by atoms with E-state index in [1.807, 2.05) is 5.67 Å². The van der Waals surface area contributed by atoms with Crippen molar-refractivity contribution in [3.8, 4) is 0 Å². The third-order valence-corrected chi connectivity index (χ3v) is 1.56. The van der Waals surface area contributed by atoms with Crippen molar-refractivity contribution in [1.82, 2.24) is 0 Å². The van der Waals surface area contributed by atoms with E-state index in [1.165, 1.54) is 0 Å². The van der Waals surface area contributed by atoms with E-state index < -0.39 is 0 Å². The first-order valence-corrected chi connectivity index (χ1v) is 3.56. The van der Waals surface area contributed by atoms with Gasteiger partial charge in [0.1, 0.15) is 0 Å². The molecular formula is C5H11Si. The van der Waals surface area contributed by atoms with Crippen LogP contribution in [0.15, 0.2) is 0 Å². The highest BCUT2D eigenvalue weighted by molar-refractivity contribution is 6.49. The summed E-state index contributed by atoms with van der Waals surface area (Å²) < 4.78 is 0. The SMILES string of the molecule is [CH2]C=[SiH]C(C)C. The lowest BCUT2D eigenvalue weighted by molar-refractivity contribution is 1.07. The molecule has 0 N–H and O–H groups in total. The Bertz CT molecular complexity index is 45.9. The van der Waals surface area contributed by atoms with Gasteiger partial charge in [0.2, 0.25) is 0 Å². The lowest BCUT2D eigenvalue weighted by atomic mass is 10.6. The molecule has 0 saturated heterocycles.